The fraction of sp³-hybridized carbons (Fsp3) is 0.867. The van der Waals surface area contributed by atoms with Crippen LogP contribution in [0.4, 0.5) is 0 Å². The molecule has 3 fully saturated rings. The Morgan fingerprint density at radius 2 is 2.25 bits per heavy atom. The molecule has 2 saturated carbocycles. The van der Waals surface area contributed by atoms with Crippen LogP contribution in [0.3, 0.4) is 0 Å². The Labute approximate surface area is 124 Å². The normalized spacial score (nSPS) is 37.6. The third-order valence-corrected chi connectivity index (χ3v) is 6.13. The predicted octanol–water partition coefficient (Wildman–Crippen LogP) is 3.44. The van der Waals surface area contributed by atoms with Gasteiger partial charge in [-0.15, -0.1) is 0 Å². The summed E-state index contributed by atoms with van der Waals surface area (Å²) in [5.41, 5.74) is 0. The highest BCUT2D eigenvalue weighted by Gasteiger charge is 2.43. The van der Waals surface area contributed by atoms with Gasteiger partial charge in [0.2, 0.25) is 0 Å². The molecule has 4 rings (SSSR count). The summed E-state index contributed by atoms with van der Waals surface area (Å²) in [4.78, 5) is 0. The molecule has 1 saturated heterocycles. The Morgan fingerprint density at radius 3 is 2.90 bits per heavy atom. The van der Waals surface area contributed by atoms with E-state index in [0.717, 1.165) is 48.0 Å². The minimum Gasteiger partial charge on any atom is -0.381 e. The molecule has 5 unspecified atom stereocenters. The SMILES string of the molecule is CC(C1CC2CCC1C2)n1c(C2CCOC2)n[nH]c1=S. The Balaban J connectivity index is 1.64. The van der Waals surface area contributed by atoms with E-state index in [-0.39, 0.29) is 0 Å². The van der Waals surface area contributed by atoms with E-state index in [0.29, 0.717) is 12.0 Å². The van der Waals surface area contributed by atoms with E-state index in [1.807, 2.05) is 0 Å². The molecule has 2 heterocycles. The van der Waals surface area contributed by atoms with Crippen LogP contribution in [-0.2, 0) is 4.74 Å². The number of nitrogens with zero attached hydrogens (tertiary/aromatic N) is 2. The Hall–Kier alpha value is -0.680. The van der Waals surface area contributed by atoms with Gasteiger partial charge in [-0.1, -0.05) is 6.42 Å². The number of aromatic nitrogens is 3. The van der Waals surface area contributed by atoms with Gasteiger partial charge in [0.1, 0.15) is 5.82 Å². The first-order valence-electron chi connectivity index (χ1n) is 7.98. The van der Waals surface area contributed by atoms with Crippen molar-refractivity contribution in [1.29, 1.82) is 0 Å². The molecule has 3 aliphatic rings. The second-order valence-corrected chi connectivity index (χ2v) is 7.28. The highest BCUT2D eigenvalue weighted by atomic mass is 32.1. The summed E-state index contributed by atoms with van der Waals surface area (Å²) in [6.45, 7) is 3.99. The van der Waals surface area contributed by atoms with Gasteiger partial charge in [0.15, 0.2) is 4.77 Å². The summed E-state index contributed by atoms with van der Waals surface area (Å²) in [6.07, 6.45) is 6.78. The van der Waals surface area contributed by atoms with E-state index in [2.05, 4.69) is 21.7 Å². The lowest BCUT2D eigenvalue weighted by molar-refractivity contribution is 0.190. The highest BCUT2D eigenvalue weighted by molar-refractivity contribution is 7.71. The highest BCUT2D eigenvalue weighted by Crippen LogP contribution is 2.52. The molecule has 0 spiro atoms. The maximum absolute atomic E-state index is 5.53. The molecule has 0 radical (unpaired) electrons. The topological polar surface area (TPSA) is 42.8 Å². The van der Waals surface area contributed by atoms with Crippen molar-refractivity contribution < 1.29 is 4.74 Å². The van der Waals surface area contributed by atoms with Gasteiger partial charge in [-0.2, -0.15) is 5.10 Å². The zero-order valence-corrected chi connectivity index (χ0v) is 12.9. The maximum Gasteiger partial charge on any atom is 0.195 e. The van der Waals surface area contributed by atoms with Crippen molar-refractivity contribution in [2.24, 2.45) is 17.8 Å². The third kappa shape index (κ3) is 1.98. The minimum atomic E-state index is 0.420. The lowest BCUT2D eigenvalue weighted by Crippen LogP contribution is -2.24. The molecule has 1 aromatic rings. The number of aromatic amines is 1. The second-order valence-electron chi connectivity index (χ2n) is 6.90. The molecule has 110 valence electrons. The largest absolute Gasteiger partial charge is 0.381 e. The van der Waals surface area contributed by atoms with Gasteiger partial charge in [0, 0.05) is 18.6 Å². The van der Waals surface area contributed by atoms with E-state index < -0.39 is 0 Å². The van der Waals surface area contributed by atoms with Crippen molar-refractivity contribution in [3.05, 3.63) is 10.6 Å². The number of rotatable bonds is 3. The summed E-state index contributed by atoms with van der Waals surface area (Å²) < 4.78 is 8.63. The van der Waals surface area contributed by atoms with Crippen LogP contribution in [-0.4, -0.2) is 28.0 Å². The molecule has 1 N–H and O–H groups in total. The van der Waals surface area contributed by atoms with Gasteiger partial charge in [0.05, 0.1) is 6.61 Å². The molecule has 1 aromatic heterocycles. The number of nitrogens with one attached hydrogen (secondary N) is 1. The van der Waals surface area contributed by atoms with Crippen LogP contribution in [0.1, 0.15) is 56.8 Å². The smallest absolute Gasteiger partial charge is 0.195 e. The molecular formula is C15H23N3OS. The van der Waals surface area contributed by atoms with Crippen LogP contribution in [0.5, 0.6) is 0 Å². The molecule has 20 heavy (non-hydrogen) atoms. The van der Waals surface area contributed by atoms with Crippen LogP contribution in [0, 0.1) is 22.5 Å². The summed E-state index contributed by atoms with van der Waals surface area (Å²) >= 11 is 5.51. The summed E-state index contributed by atoms with van der Waals surface area (Å²) in [7, 11) is 0. The van der Waals surface area contributed by atoms with E-state index in [1.54, 1.807) is 0 Å². The second kappa shape index (κ2) is 4.95. The van der Waals surface area contributed by atoms with Crippen molar-refractivity contribution in [2.45, 2.75) is 51.0 Å². The quantitative estimate of drug-likeness (QED) is 0.868. The van der Waals surface area contributed by atoms with Crippen molar-refractivity contribution in [2.75, 3.05) is 13.2 Å². The first-order chi connectivity index (χ1) is 9.74. The zero-order valence-electron chi connectivity index (χ0n) is 12.0. The van der Waals surface area contributed by atoms with Crippen LogP contribution < -0.4 is 0 Å². The lowest BCUT2D eigenvalue weighted by atomic mass is 9.83. The van der Waals surface area contributed by atoms with Crippen molar-refractivity contribution in [1.82, 2.24) is 14.8 Å². The van der Waals surface area contributed by atoms with Gasteiger partial charge in [0.25, 0.3) is 0 Å². The molecular weight excluding hydrogens is 270 g/mol. The van der Waals surface area contributed by atoms with Crippen molar-refractivity contribution >= 4 is 12.2 Å². The molecule has 5 atom stereocenters. The first kappa shape index (κ1) is 13.0. The molecule has 5 heteroatoms. The monoisotopic (exact) mass is 293 g/mol. The van der Waals surface area contributed by atoms with Crippen molar-refractivity contribution in [3.8, 4) is 0 Å². The predicted molar refractivity (Wildman–Crippen MR) is 79.2 cm³/mol. The Morgan fingerprint density at radius 1 is 1.35 bits per heavy atom. The molecule has 0 amide bonds. The number of ether oxygens (including phenoxy) is 1. The molecule has 2 bridgehead atoms. The van der Waals surface area contributed by atoms with Crippen LogP contribution in [0.2, 0.25) is 0 Å². The number of fused-ring (bicyclic) bond motifs is 2. The molecule has 4 nitrogen and oxygen atoms in total. The van der Waals surface area contributed by atoms with Gasteiger partial charge < -0.3 is 9.30 Å². The standard InChI is InChI=1S/C15H23N3OS/c1-9(13-7-10-2-3-11(13)6-10)18-14(16-17-15(18)20)12-4-5-19-8-12/h9-13H,2-8H2,1H3,(H,17,20). The Kier molecular flexibility index (Phi) is 3.22. The van der Waals surface area contributed by atoms with Gasteiger partial charge >= 0.3 is 0 Å². The van der Waals surface area contributed by atoms with E-state index >= 15 is 0 Å². The summed E-state index contributed by atoms with van der Waals surface area (Å²) in [5, 5.41) is 7.54. The van der Waals surface area contributed by atoms with Crippen LogP contribution in [0.25, 0.3) is 0 Å². The van der Waals surface area contributed by atoms with Gasteiger partial charge in [-0.3, -0.25) is 5.10 Å². The fourth-order valence-corrected chi connectivity index (χ4v) is 5.12. The fourth-order valence-electron chi connectivity index (χ4n) is 4.81. The summed E-state index contributed by atoms with van der Waals surface area (Å²) in [6, 6.07) is 0.479. The van der Waals surface area contributed by atoms with E-state index in [4.69, 9.17) is 17.0 Å². The Bertz CT molecular complexity index is 546. The van der Waals surface area contributed by atoms with Gasteiger partial charge in [-0.05, 0) is 62.6 Å². The molecule has 0 aromatic carbocycles. The average molecular weight is 293 g/mol. The van der Waals surface area contributed by atoms with E-state index in [1.165, 1.54) is 25.7 Å². The third-order valence-electron chi connectivity index (χ3n) is 5.85. The van der Waals surface area contributed by atoms with Crippen LogP contribution in [0.15, 0.2) is 0 Å². The van der Waals surface area contributed by atoms with Gasteiger partial charge in [-0.25, -0.2) is 0 Å². The summed E-state index contributed by atoms with van der Waals surface area (Å²) in [5.74, 6) is 4.23. The molecule has 2 aliphatic carbocycles. The molecule has 1 aliphatic heterocycles. The number of hydrogen-bond acceptors (Lipinski definition) is 3. The average Bonchev–Trinajstić information content (AvgIpc) is 3.21. The number of hydrogen-bond donors (Lipinski definition) is 1. The maximum atomic E-state index is 5.53. The minimum absolute atomic E-state index is 0.420. The number of H-pyrrole nitrogens is 1. The van der Waals surface area contributed by atoms with Crippen LogP contribution >= 0.6 is 12.2 Å². The van der Waals surface area contributed by atoms with E-state index in [9.17, 15) is 0 Å². The lowest BCUT2D eigenvalue weighted by Gasteiger charge is -2.30. The first-order valence-corrected chi connectivity index (χ1v) is 8.39. The zero-order chi connectivity index (χ0) is 13.7. The van der Waals surface area contributed by atoms with Crippen molar-refractivity contribution in [3.63, 3.8) is 0 Å².